The molecule has 0 aliphatic carbocycles. The zero-order valence-electron chi connectivity index (χ0n) is 19.5. The number of aliphatic hydroxyl groups is 1. The number of aliphatic hydroxyl groups excluding tert-OH is 1. The third-order valence-electron chi connectivity index (χ3n) is 6.08. The van der Waals surface area contributed by atoms with Crippen LogP contribution < -0.4 is 5.32 Å². The lowest BCUT2D eigenvalue weighted by atomic mass is 10.0. The first-order valence-corrected chi connectivity index (χ1v) is 11.8. The normalized spacial score (nSPS) is 15.2. The summed E-state index contributed by atoms with van der Waals surface area (Å²) in [6.45, 7) is 3.97. The SMILES string of the molecule is CN1CCN(C(=O)C(Cc2ccccc2)NC(=O)N(CCCO)CCc2ccccc2)CC1. The van der Waals surface area contributed by atoms with Crippen LogP contribution >= 0.6 is 0 Å². The fraction of sp³-hybridized carbons (Fsp3) is 0.462. The Bertz CT molecular complexity index is 854. The van der Waals surface area contributed by atoms with Crippen LogP contribution in [0.15, 0.2) is 60.7 Å². The van der Waals surface area contributed by atoms with Gasteiger partial charge in [0.1, 0.15) is 6.04 Å². The van der Waals surface area contributed by atoms with Crippen molar-refractivity contribution in [3.63, 3.8) is 0 Å². The lowest BCUT2D eigenvalue weighted by Crippen LogP contribution is -2.57. The highest BCUT2D eigenvalue weighted by Crippen LogP contribution is 2.10. The average molecular weight is 453 g/mol. The van der Waals surface area contributed by atoms with Crippen molar-refractivity contribution in [3.8, 4) is 0 Å². The van der Waals surface area contributed by atoms with Crippen LogP contribution in [0.4, 0.5) is 4.79 Å². The van der Waals surface area contributed by atoms with Crippen LogP contribution in [0, 0.1) is 0 Å². The lowest BCUT2D eigenvalue weighted by molar-refractivity contribution is -0.134. The quantitative estimate of drug-likeness (QED) is 0.578. The van der Waals surface area contributed by atoms with Crippen molar-refractivity contribution in [3.05, 3.63) is 71.8 Å². The molecule has 33 heavy (non-hydrogen) atoms. The predicted molar refractivity (Wildman–Crippen MR) is 130 cm³/mol. The van der Waals surface area contributed by atoms with Crippen LogP contribution in [0.5, 0.6) is 0 Å². The van der Waals surface area contributed by atoms with Crippen molar-refractivity contribution < 1.29 is 14.7 Å². The minimum Gasteiger partial charge on any atom is -0.396 e. The van der Waals surface area contributed by atoms with Gasteiger partial charge in [0, 0.05) is 52.3 Å². The van der Waals surface area contributed by atoms with E-state index >= 15 is 0 Å². The minimum absolute atomic E-state index is 0.0167. The first-order valence-electron chi connectivity index (χ1n) is 11.8. The molecule has 0 bridgehead atoms. The lowest BCUT2D eigenvalue weighted by Gasteiger charge is -2.35. The van der Waals surface area contributed by atoms with E-state index in [0.717, 1.165) is 30.6 Å². The number of hydrogen-bond acceptors (Lipinski definition) is 4. The molecule has 7 heteroatoms. The number of hydrogen-bond donors (Lipinski definition) is 2. The van der Waals surface area contributed by atoms with Crippen molar-refractivity contribution in [2.24, 2.45) is 0 Å². The Morgan fingerprint density at radius 1 is 0.939 bits per heavy atom. The molecule has 2 aromatic carbocycles. The predicted octanol–water partition coefficient (Wildman–Crippen LogP) is 2.01. The molecular formula is C26H36N4O3. The Hall–Kier alpha value is -2.90. The number of likely N-dealkylation sites (N-methyl/N-ethyl adjacent to an activating group) is 1. The van der Waals surface area contributed by atoms with Gasteiger partial charge in [-0.1, -0.05) is 60.7 Å². The summed E-state index contributed by atoms with van der Waals surface area (Å²) in [6, 6.07) is 18.9. The molecule has 0 aromatic heterocycles. The summed E-state index contributed by atoms with van der Waals surface area (Å²) >= 11 is 0. The largest absolute Gasteiger partial charge is 0.396 e. The third kappa shape index (κ3) is 7.87. The molecule has 1 heterocycles. The van der Waals surface area contributed by atoms with Gasteiger partial charge in [0.15, 0.2) is 0 Å². The zero-order valence-corrected chi connectivity index (χ0v) is 19.5. The first-order chi connectivity index (χ1) is 16.1. The Kier molecular flexibility index (Phi) is 9.72. The van der Waals surface area contributed by atoms with Crippen LogP contribution in [0.2, 0.25) is 0 Å². The topological polar surface area (TPSA) is 76.1 Å². The summed E-state index contributed by atoms with van der Waals surface area (Å²) in [5.41, 5.74) is 2.16. The molecule has 3 rings (SSSR count). The Balaban J connectivity index is 1.70. The maximum Gasteiger partial charge on any atom is 0.318 e. The molecule has 1 aliphatic rings. The minimum atomic E-state index is -0.628. The van der Waals surface area contributed by atoms with E-state index in [4.69, 9.17) is 0 Å². The summed E-state index contributed by atoms with van der Waals surface area (Å²) in [5.74, 6) is -0.0366. The molecule has 0 spiro atoms. The van der Waals surface area contributed by atoms with E-state index in [9.17, 15) is 14.7 Å². The molecule has 0 radical (unpaired) electrons. The highest BCUT2D eigenvalue weighted by Gasteiger charge is 2.29. The number of amides is 3. The molecule has 1 atom stereocenters. The highest BCUT2D eigenvalue weighted by atomic mass is 16.3. The van der Waals surface area contributed by atoms with E-state index in [2.05, 4.69) is 17.3 Å². The van der Waals surface area contributed by atoms with E-state index in [1.807, 2.05) is 65.6 Å². The van der Waals surface area contributed by atoms with Gasteiger partial charge < -0.3 is 25.1 Å². The molecular weight excluding hydrogens is 416 g/mol. The molecule has 3 amide bonds. The van der Waals surface area contributed by atoms with Gasteiger partial charge in [0.05, 0.1) is 0 Å². The molecule has 1 fully saturated rings. The maximum atomic E-state index is 13.4. The molecule has 7 nitrogen and oxygen atoms in total. The molecule has 1 aliphatic heterocycles. The standard InChI is InChI=1S/C26H36N4O3/c1-28-16-18-29(19-17-28)25(32)24(21-23-11-6-3-7-12-23)27-26(33)30(14-8-20-31)15-13-22-9-4-2-5-10-22/h2-7,9-12,24,31H,8,13-21H2,1H3,(H,27,33). The zero-order chi connectivity index (χ0) is 23.5. The monoisotopic (exact) mass is 452 g/mol. The fourth-order valence-corrected chi connectivity index (χ4v) is 4.02. The van der Waals surface area contributed by atoms with E-state index in [1.54, 1.807) is 4.90 Å². The van der Waals surface area contributed by atoms with Gasteiger partial charge in [-0.15, -0.1) is 0 Å². The Morgan fingerprint density at radius 2 is 1.55 bits per heavy atom. The van der Waals surface area contributed by atoms with Crippen LogP contribution in [-0.4, -0.2) is 90.7 Å². The summed E-state index contributed by atoms with van der Waals surface area (Å²) in [7, 11) is 2.05. The van der Waals surface area contributed by atoms with Crippen molar-refractivity contribution in [2.75, 3.05) is 52.9 Å². The van der Waals surface area contributed by atoms with Crippen molar-refractivity contribution in [1.82, 2.24) is 20.0 Å². The summed E-state index contributed by atoms with van der Waals surface area (Å²) in [5, 5.41) is 12.3. The summed E-state index contributed by atoms with van der Waals surface area (Å²) in [6.07, 6.45) is 1.66. The second-order valence-electron chi connectivity index (χ2n) is 8.62. The number of carbonyl (C=O) groups excluding carboxylic acids is 2. The second-order valence-corrected chi connectivity index (χ2v) is 8.62. The van der Waals surface area contributed by atoms with Crippen molar-refractivity contribution in [1.29, 1.82) is 0 Å². The van der Waals surface area contributed by atoms with Crippen LogP contribution in [0.1, 0.15) is 17.5 Å². The van der Waals surface area contributed by atoms with Gasteiger partial charge >= 0.3 is 6.03 Å². The second kappa shape index (κ2) is 13.0. The number of carbonyl (C=O) groups is 2. The van der Waals surface area contributed by atoms with Gasteiger partial charge in [0.25, 0.3) is 0 Å². The number of rotatable bonds is 10. The van der Waals surface area contributed by atoms with Gasteiger partial charge in [-0.25, -0.2) is 4.79 Å². The van der Waals surface area contributed by atoms with Crippen LogP contribution in [0.3, 0.4) is 0 Å². The van der Waals surface area contributed by atoms with Crippen LogP contribution in [-0.2, 0) is 17.6 Å². The highest BCUT2D eigenvalue weighted by molar-refractivity contribution is 5.87. The summed E-state index contributed by atoms with van der Waals surface area (Å²) in [4.78, 5) is 32.4. The van der Waals surface area contributed by atoms with Crippen LogP contribution in [0.25, 0.3) is 0 Å². The number of nitrogens with zero attached hydrogens (tertiary/aromatic N) is 3. The molecule has 178 valence electrons. The first kappa shape index (κ1) is 24.7. The van der Waals surface area contributed by atoms with Crippen molar-refractivity contribution in [2.45, 2.75) is 25.3 Å². The van der Waals surface area contributed by atoms with E-state index in [-0.39, 0.29) is 18.5 Å². The molecule has 1 unspecified atom stereocenters. The smallest absolute Gasteiger partial charge is 0.318 e. The number of urea groups is 1. The molecule has 0 saturated carbocycles. The van der Waals surface area contributed by atoms with Gasteiger partial charge in [-0.05, 0) is 31.0 Å². The van der Waals surface area contributed by atoms with E-state index in [0.29, 0.717) is 39.0 Å². The summed E-state index contributed by atoms with van der Waals surface area (Å²) < 4.78 is 0. The maximum absolute atomic E-state index is 13.4. The Labute approximate surface area is 197 Å². The van der Waals surface area contributed by atoms with Gasteiger partial charge in [-0.3, -0.25) is 4.79 Å². The van der Waals surface area contributed by atoms with E-state index < -0.39 is 6.04 Å². The number of piperazine rings is 1. The van der Waals surface area contributed by atoms with Gasteiger partial charge in [-0.2, -0.15) is 0 Å². The molecule has 2 N–H and O–H groups in total. The third-order valence-corrected chi connectivity index (χ3v) is 6.08. The molecule has 2 aromatic rings. The van der Waals surface area contributed by atoms with E-state index in [1.165, 1.54) is 0 Å². The van der Waals surface area contributed by atoms with Gasteiger partial charge in [0.2, 0.25) is 5.91 Å². The number of benzene rings is 2. The number of nitrogens with one attached hydrogen (secondary N) is 1. The Morgan fingerprint density at radius 3 is 2.15 bits per heavy atom. The van der Waals surface area contributed by atoms with Crippen molar-refractivity contribution >= 4 is 11.9 Å². The molecule has 1 saturated heterocycles. The fourth-order valence-electron chi connectivity index (χ4n) is 4.02. The average Bonchev–Trinajstić information content (AvgIpc) is 2.85.